The Bertz CT molecular complexity index is 724. The van der Waals surface area contributed by atoms with E-state index >= 15 is 0 Å². The van der Waals surface area contributed by atoms with Gasteiger partial charge in [-0.2, -0.15) is 5.10 Å². The molecule has 2 heterocycles. The molecule has 0 aliphatic carbocycles. The molecule has 0 unspecified atom stereocenters. The fourth-order valence-corrected chi connectivity index (χ4v) is 2.39. The maximum Gasteiger partial charge on any atom is 0.135 e. The van der Waals surface area contributed by atoms with E-state index in [1.807, 2.05) is 31.6 Å². The van der Waals surface area contributed by atoms with Crippen molar-refractivity contribution >= 4 is 10.9 Å². The molecule has 98 valence electrons. The molecule has 3 aromatic rings. The highest BCUT2D eigenvalue weighted by atomic mass is 16.5. The number of ether oxygens (including phenoxy) is 1. The monoisotopic (exact) mass is 255 g/mol. The van der Waals surface area contributed by atoms with Crippen LogP contribution >= 0.6 is 0 Å². The first-order chi connectivity index (χ1) is 9.19. The quantitative estimate of drug-likeness (QED) is 0.720. The van der Waals surface area contributed by atoms with Crippen LogP contribution in [-0.2, 0) is 7.05 Å². The summed E-state index contributed by atoms with van der Waals surface area (Å²) in [7, 11) is 1.96. The molecular weight excluding hydrogens is 238 g/mol. The summed E-state index contributed by atoms with van der Waals surface area (Å²) in [5.41, 5.74) is 2.15. The highest BCUT2D eigenvalue weighted by Crippen LogP contribution is 2.25. The van der Waals surface area contributed by atoms with Gasteiger partial charge in [-0.1, -0.05) is 0 Å². The van der Waals surface area contributed by atoms with E-state index in [1.165, 1.54) is 5.39 Å². The van der Waals surface area contributed by atoms with E-state index in [-0.39, 0.29) is 0 Å². The standard InChI is InChI=1S/C15H17N3O/c1-4-19-13-6-5-12-7-8-18(14(12)10-13)15-9-11(2)16-17(15)3/h5-10H,4H2,1-3H3. The van der Waals surface area contributed by atoms with Crippen LogP contribution in [-0.4, -0.2) is 21.0 Å². The third-order valence-electron chi connectivity index (χ3n) is 3.20. The molecule has 0 aliphatic rings. The van der Waals surface area contributed by atoms with Crippen LogP contribution in [0.25, 0.3) is 16.7 Å². The number of rotatable bonds is 3. The van der Waals surface area contributed by atoms with Crippen LogP contribution in [0.5, 0.6) is 5.75 Å². The number of fused-ring (bicyclic) bond motifs is 1. The Morgan fingerprint density at radius 2 is 2.05 bits per heavy atom. The van der Waals surface area contributed by atoms with E-state index in [0.29, 0.717) is 6.61 Å². The van der Waals surface area contributed by atoms with Gasteiger partial charge < -0.3 is 9.30 Å². The highest BCUT2D eigenvalue weighted by Gasteiger charge is 2.08. The lowest BCUT2D eigenvalue weighted by molar-refractivity contribution is 0.340. The van der Waals surface area contributed by atoms with Crippen LogP contribution in [0.1, 0.15) is 12.6 Å². The molecule has 0 bridgehead atoms. The number of benzene rings is 1. The van der Waals surface area contributed by atoms with Crippen molar-refractivity contribution in [3.05, 3.63) is 42.2 Å². The Balaban J connectivity index is 2.18. The van der Waals surface area contributed by atoms with Crippen LogP contribution in [0, 0.1) is 6.92 Å². The number of aromatic nitrogens is 3. The maximum atomic E-state index is 5.57. The third-order valence-corrected chi connectivity index (χ3v) is 3.20. The normalized spacial score (nSPS) is 11.1. The molecule has 0 radical (unpaired) electrons. The van der Waals surface area contributed by atoms with Gasteiger partial charge in [-0.05, 0) is 32.0 Å². The molecule has 0 saturated heterocycles. The molecule has 4 nitrogen and oxygen atoms in total. The Hall–Kier alpha value is -2.23. The predicted octanol–water partition coefficient (Wildman–Crippen LogP) is 3.07. The number of aryl methyl sites for hydroxylation is 2. The summed E-state index contributed by atoms with van der Waals surface area (Å²) in [5, 5.41) is 5.59. The predicted molar refractivity (Wildman–Crippen MR) is 75.9 cm³/mol. The van der Waals surface area contributed by atoms with Crippen LogP contribution in [0.2, 0.25) is 0 Å². The smallest absolute Gasteiger partial charge is 0.135 e. The summed E-state index contributed by atoms with van der Waals surface area (Å²) < 4.78 is 9.60. The van der Waals surface area contributed by atoms with Crippen LogP contribution < -0.4 is 4.74 Å². The molecule has 4 heteroatoms. The van der Waals surface area contributed by atoms with Gasteiger partial charge in [-0.15, -0.1) is 0 Å². The zero-order valence-corrected chi connectivity index (χ0v) is 11.4. The van der Waals surface area contributed by atoms with E-state index in [0.717, 1.165) is 22.8 Å². The molecular formula is C15H17N3O. The van der Waals surface area contributed by atoms with Gasteiger partial charge in [-0.25, -0.2) is 0 Å². The van der Waals surface area contributed by atoms with E-state index < -0.39 is 0 Å². The summed E-state index contributed by atoms with van der Waals surface area (Å²) >= 11 is 0. The van der Waals surface area contributed by atoms with Crippen molar-refractivity contribution in [3.63, 3.8) is 0 Å². The van der Waals surface area contributed by atoms with Crippen LogP contribution in [0.3, 0.4) is 0 Å². The minimum Gasteiger partial charge on any atom is -0.494 e. The van der Waals surface area contributed by atoms with Crippen molar-refractivity contribution in [3.8, 4) is 11.6 Å². The van der Waals surface area contributed by atoms with E-state index in [9.17, 15) is 0 Å². The second kappa shape index (κ2) is 4.46. The van der Waals surface area contributed by atoms with Gasteiger partial charge in [0.25, 0.3) is 0 Å². The summed E-state index contributed by atoms with van der Waals surface area (Å²) in [6.07, 6.45) is 2.07. The SMILES string of the molecule is CCOc1ccc2ccn(-c3cc(C)nn3C)c2c1. The molecule has 1 aromatic carbocycles. The topological polar surface area (TPSA) is 32.0 Å². The summed E-state index contributed by atoms with van der Waals surface area (Å²) in [4.78, 5) is 0. The van der Waals surface area contributed by atoms with E-state index in [2.05, 4.69) is 40.1 Å². The lowest BCUT2D eigenvalue weighted by Crippen LogP contribution is -2.01. The fourth-order valence-electron chi connectivity index (χ4n) is 2.39. The van der Waals surface area contributed by atoms with Crippen LogP contribution in [0.4, 0.5) is 0 Å². The first-order valence-electron chi connectivity index (χ1n) is 6.44. The van der Waals surface area contributed by atoms with Crippen molar-refractivity contribution in [1.82, 2.24) is 14.3 Å². The summed E-state index contributed by atoms with van der Waals surface area (Å²) in [5.74, 6) is 1.95. The van der Waals surface area contributed by atoms with Crippen molar-refractivity contribution in [2.24, 2.45) is 7.05 Å². The van der Waals surface area contributed by atoms with Gasteiger partial charge >= 0.3 is 0 Å². The lowest BCUT2D eigenvalue weighted by atomic mass is 10.2. The Morgan fingerprint density at radius 1 is 1.21 bits per heavy atom. The average Bonchev–Trinajstić information content (AvgIpc) is 2.92. The first-order valence-corrected chi connectivity index (χ1v) is 6.44. The summed E-state index contributed by atoms with van der Waals surface area (Å²) in [6, 6.07) is 10.3. The van der Waals surface area contributed by atoms with Gasteiger partial charge in [0.1, 0.15) is 11.6 Å². The second-order valence-corrected chi connectivity index (χ2v) is 4.61. The van der Waals surface area contributed by atoms with Gasteiger partial charge in [0.15, 0.2) is 0 Å². The molecule has 0 amide bonds. The average molecular weight is 255 g/mol. The maximum absolute atomic E-state index is 5.57. The molecule has 0 N–H and O–H groups in total. The molecule has 19 heavy (non-hydrogen) atoms. The van der Waals surface area contributed by atoms with Crippen molar-refractivity contribution in [2.45, 2.75) is 13.8 Å². The third kappa shape index (κ3) is 1.99. The van der Waals surface area contributed by atoms with Gasteiger partial charge in [0, 0.05) is 30.8 Å². The minimum atomic E-state index is 0.678. The van der Waals surface area contributed by atoms with Gasteiger partial charge in [-0.3, -0.25) is 4.68 Å². The highest BCUT2D eigenvalue weighted by molar-refractivity contribution is 5.83. The van der Waals surface area contributed by atoms with Crippen molar-refractivity contribution in [2.75, 3.05) is 6.61 Å². The minimum absolute atomic E-state index is 0.678. The molecule has 0 fully saturated rings. The molecule has 0 saturated carbocycles. The zero-order valence-electron chi connectivity index (χ0n) is 11.4. The second-order valence-electron chi connectivity index (χ2n) is 4.61. The number of hydrogen-bond donors (Lipinski definition) is 0. The fraction of sp³-hybridized carbons (Fsp3) is 0.267. The molecule has 0 spiro atoms. The molecule has 2 aromatic heterocycles. The number of nitrogens with zero attached hydrogens (tertiary/aromatic N) is 3. The first kappa shape index (κ1) is 11.8. The molecule has 0 atom stereocenters. The van der Waals surface area contributed by atoms with E-state index in [1.54, 1.807) is 0 Å². The van der Waals surface area contributed by atoms with Crippen molar-refractivity contribution in [1.29, 1.82) is 0 Å². The molecule has 3 rings (SSSR count). The summed E-state index contributed by atoms with van der Waals surface area (Å²) in [6.45, 7) is 4.67. The van der Waals surface area contributed by atoms with Crippen molar-refractivity contribution < 1.29 is 4.74 Å². The zero-order chi connectivity index (χ0) is 13.4. The Kier molecular flexibility index (Phi) is 2.78. The Morgan fingerprint density at radius 3 is 2.74 bits per heavy atom. The number of hydrogen-bond acceptors (Lipinski definition) is 2. The largest absolute Gasteiger partial charge is 0.494 e. The van der Waals surface area contributed by atoms with E-state index in [4.69, 9.17) is 4.74 Å². The van der Waals surface area contributed by atoms with Gasteiger partial charge in [0.2, 0.25) is 0 Å². The van der Waals surface area contributed by atoms with Gasteiger partial charge in [0.05, 0.1) is 17.8 Å². The lowest BCUT2D eigenvalue weighted by Gasteiger charge is -2.07. The van der Waals surface area contributed by atoms with Crippen LogP contribution in [0.15, 0.2) is 36.5 Å². The Labute approximate surface area is 112 Å². The molecule has 0 aliphatic heterocycles.